The lowest BCUT2D eigenvalue weighted by molar-refractivity contribution is -0.203. The van der Waals surface area contributed by atoms with Gasteiger partial charge in [0.25, 0.3) is 0 Å². The average Bonchev–Trinajstić information content (AvgIpc) is 3.20. The molecule has 0 spiro atoms. The Morgan fingerprint density at radius 1 is 1.00 bits per heavy atom. The zero-order valence-corrected chi connectivity index (χ0v) is 26.0. The van der Waals surface area contributed by atoms with Crippen molar-refractivity contribution in [2.75, 3.05) is 12.3 Å². The summed E-state index contributed by atoms with van der Waals surface area (Å²) in [6, 6.07) is -0.149. The van der Waals surface area contributed by atoms with Crippen LogP contribution in [0.25, 0.3) is 0 Å². The molecular weight excluding hydrogens is 514 g/mol. The lowest BCUT2D eigenvalue weighted by Crippen LogP contribution is -2.62. The molecular formula is C31H54NO6S-. The second-order valence-corrected chi connectivity index (χ2v) is 16.1. The minimum Gasteiger partial charge on any atom is -0.748 e. The quantitative estimate of drug-likeness (QED) is 0.386. The Bertz CT molecular complexity index is 986. The van der Waals surface area contributed by atoms with Gasteiger partial charge < -0.3 is 19.7 Å². The molecule has 0 aromatic carbocycles. The van der Waals surface area contributed by atoms with Crippen molar-refractivity contribution in [1.82, 2.24) is 4.90 Å². The van der Waals surface area contributed by atoms with Gasteiger partial charge >= 0.3 is 0 Å². The molecule has 4 aliphatic rings. The SMILES string of the molecule is CC[C@H]1[C@@H](O)[C@@H]2[C@H](CC[C@]3(C)[C@@H]([C@H](C)CCC(=O)N(CCS(=O)(=O)[O-])C(C)C)CC[C@@H]23)[C@@]2(C)CC[C@@H](O)C[C@@H]12. The molecule has 0 aliphatic heterocycles. The van der Waals surface area contributed by atoms with E-state index in [1.807, 2.05) is 13.8 Å². The maximum absolute atomic E-state index is 13.1. The van der Waals surface area contributed by atoms with Crippen molar-refractivity contribution in [2.24, 2.45) is 52.3 Å². The summed E-state index contributed by atoms with van der Waals surface area (Å²) in [6.45, 7) is 13.1. The first kappa shape index (κ1) is 31.2. The van der Waals surface area contributed by atoms with Gasteiger partial charge in [0.2, 0.25) is 5.91 Å². The van der Waals surface area contributed by atoms with Crippen molar-refractivity contribution in [3.8, 4) is 0 Å². The molecule has 1 amide bonds. The number of amides is 1. The molecule has 4 fully saturated rings. The monoisotopic (exact) mass is 568 g/mol. The Morgan fingerprint density at radius 3 is 2.26 bits per heavy atom. The minimum absolute atomic E-state index is 0.0454. The van der Waals surface area contributed by atoms with Crippen molar-refractivity contribution in [3.05, 3.63) is 0 Å². The van der Waals surface area contributed by atoms with E-state index in [4.69, 9.17) is 0 Å². The molecule has 0 unspecified atom stereocenters. The molecule has 0 heterocycles. The Labute approximate surface area is 237 Å². The topological polar surface area (TPSA) is 118 Å². The van der Waals surface area contributed by atoms with E-state index in [0.29, 0.717) is 41.9 Å². The Morgan fingerprint density at radius 2 is 1.64 bits per heavy atom. The van der Waals surface area contributed by atoms with Crippen LogP contribution in [-0.4, -0.2) is 64.5 Å². The van der Waals surface area contributed by atoms with E-state index in [-0.39, 0.29) is 47.4 Å². The summed E-state index contributed by atoms with van der Waals surface area (Å²) in [4.78, 5) is 14.6. The normalized spacial score (nSPS) is 42.9. The number of hydrogen-bond donors (Lipinski definition) is 2. The number of aliphatic hydroxyl groups excluding tert-OH is 2. The van der Waals surface area contributed by atoms with Gasteiger partial charge in [0.15, 0.2) is 0 Å². The van der Waals surface area contributed by atoms with E-state index in [9.17, 15) is 28.0 Å². The van der Waals surface area contributed by atoms with Crippen molar-refractivity contribution >= 4 is 16.0 Å². The second kappa shape index (κ2) is 11.5. The highest BCUT2D eigenvalue weighted by molar-refractivity contribution is 7.85. The van der Waals surface area contributed by atoms with Gasteiger partial charge in [0, 0.05) is 19.0 Å². The van der Waals surface area contributed by atoms with E-state index >= 15 is 0 Å². The Balaban J connectivity index is 1.46. The maximum atomic E-state index is 13.1. The van der Waals surface area contributed by atoms with Crippen LogP contribution in [0.4, 0.5) is 0 Å². The van der Waals surface area contributed by atoms with Gasteiger partial charge in [0.1, 0.15) is 0 Å². The lowest BCUT2D eigenvalue weighted by Gasteiger charge is -2.64. The van der Waals surface area contributed by atoms with Crippen molar-refractivity contribution in [3.63, 3.8) is 0 Å². The molecule has 0 saturated heterocycles. The van der Waals surface area contributed by atoms with Crippen LogP contribution in [0.2, 0.25) is 0 Å². The number of nitrogens with zero attached hydrogens (tertiary/aromatic N) is 1. The first-order valence-electron chi connectivity index (χ1n) is 15.7. The summed E-state index contributed by atoms with van der Waals surface area (Å²) >= 11 is 0. The first-order chi connectivity index (χ1) is 18.1. The Kier molecular flexibility index (Phi) is 9.23. The zero-order valence-electron chi connectivity index (χ0n) is 25.1. The summed E-state index contributed by atoms with van der Waals surface area (Å²) in [6.07, 6.45) is 8.89. The average molecular weight is 569 g/mol. The highest BCUT2D eigenvalue weighted by Crippen LogP contribution is 2.69. The number of carbonyl (C=O) groups excluding carboxylic acids is 1. The molecule has 8 heteroatoms. The molecule has 2 N–H and O–H groups in total. The molecule has 4 rings (SSSR count). The van der Waals surface area contributed by atoms with Crippen molar-refractivity contribution in [1.29, 1.82) is 0 Å². The lowest BCUT2D eigenvalue weighted by atomic mass is 9.41. The largest absolute Gasteiger partial charge is 0.748 e. The number of rotatable bonds is 9. The first-order valence-corrected chi connectivity index (χ1v) is 17.3. The molecule has 0 bridgehead atoms. The standard InChI is InChI=1S/C31H55NO6S/c1-7-22-26-18-21(33)12-14-31(26,6)25-13-15-30(5)23(9-10-24(30)28(25)29(22)35)20(4)8-11-27(34)32(19(2)3)16-17-39(36,37)38/h19-26,28-29,33,35H,7-18H2,1-6H3,(H,36,37,38)/p-1/t20-,21-,22-,23-,24+,25+,26+,28+,29-,30-,31-/m1/s1. The van der Waals surface area contributed by atoms with Gasteiger partial charge in [-0.2, -0.15) is 0 Å². The van der Waals surface area contributed by atoms with Crippen molar-refractivity contribution < 1.29 is 28.0 Å². The number of fused-ring (bicyclic) bond motifs is 5. The fourth-order valence-electron chi connectivity index (χ4n) is 10.5. The van der Waals surface area contributed by atoms with E-state index in [2.05, 4.69) is 27.7 Å². The Hall–Kier alpha value is -0.700. The molecule has 11 atom stereocenters. The van der Waals surface area contributed by atoms with E-state index in [1.165, 1.54) is 4.90 Å². The van der Waals surface area contributed by atoms with Crippen LogP contribution >= 0.6 is 0 Å². The third kappa shape index (κ3) is 5.83. The summed E-state index contributed by atoms with van der Waals surface area (Å²) in [5.41, 5.74) is 0.341. The molecule has 4 aliphatic carbocycles. The molecule has 4 saturated carbocycles. The van der Waals surface area contributed by atoms with Gasteiger partial charge in [-0.25, -0.2) is 8.42 Å². The summed E-state index contributed by atoms with van der Waals surface area (Å²) < 4.78 is 33.4. The van der Waals surface area contributed by atoms with Crippen molar-refractivity contribution in [2.45, 2.75) is 124 Å². The van der Waals surface area contributed by atoms with Gasteiger partial charge in [-0.3, -0.25) is 4.79 Å². The van der Waals surface area contributed by atoms with E-state index in [1.54, 1.807) is 0 Å². The zero-order chi connectivity index (χ0) is 28.9. The molecule has 0 aromatic rings. The van der Waals surface area contributed by atoms with Gasteiger partial charge in [-0.05, 0) is 117 Å². The summed E-state index contributed by atoms with van der Waals surface area (Å²) in [7, 11) is -4.36. The van der Waals surface area contributed by atoms with E-state index < -0.39 is 15.9 Å². The summed E-state index contributed by atoms with van der Waals surface area (Å²) in [5, 5.41) is 22.4. The number of carbonyl (C=O) groups is 1. The molecule has 7 nitrogen and oxygen atoms in total. The molecule has 39 heavy (non-hydrogen) atoms. The third-order valence-corrected chi connectivity index (χ3v) is 13.2. The predicted molar refractivity (Wildman–Crippen MR) is 152 cm³/mol. The van der Waals surface area contributed by atoms with Crippen LogP contribution in [-0.2, 0) is 14.9 Å². The third-order valence-electron chi connectivity index (χ3n) is 12.5. The van der Waals surface area contributed by atoms with Gasteiger partial charge in [-0.1, -0.05) is 34.1 Å². The highest BCUT2D eigenvalue weighted by Gasteiger charge is 2.64. The smallest absolute Gasteiger partial charge is 0.222 e. The minimum atomic E-state index is -4.36. The summed E-state index contributed by atoms with van der Waals surface area (Å²) in [5.74, 6) is 2.20. The van der Waals surface area contributed by atoms with Crippen LogP contribution in [0.3, 0.4) is 0 Å². The van der Waals surface area contributed by atoms with E-state index in [0.717, 1.165) is 57.8 Å². The van der Waals surface area contributed by atoms with Gasteiger partial charge in [-0.15, -0.1) is 0 Å². The number of hydrogen-bond acceptors (Lipinski definition) is 6. The predicted octanol–water partition coefficient (Wildman–Crippen LogP) is 4.81. The van der Waals surface area contributed by atoms with Crippen LogP contribution in [0.15, 0.2) is 0 Å². The van der Waals surface area contributed by atoms with Crippen LogP contribution in [0.5, 0.6) is 0 Å². The maximum Gasteiger partial charge on any atom is 0.222 e. The fraction of sp³-hybridized carbons (Fsp3) is 0.968. The molecule has 0 aromatic heterocycles. The van der Waals surface area contributed by atoms with Crippen LogP contribution in [0, 0.1) is 52.3 Å². The van der Waals surface area contributed by atoms with Gasteiger partial charge in [0.05, 0.1) is 28.1 Å². The van der Waals surface area contributed by atoms with Crippen LogP contribution in [0.1, 0.15) is 106 Å². The van der Waals surface area contributed by atoms with Crippen LogP contribution < -0.4 is 0 Å². The molecule has 0 radical (unpaired) electrons. The number of aliphatic hydroxyl groups is 2. The highest BCUT2D eigenvalue weighted by atomic mass is 32.2. The fourth-order valence-corrected chi connectivity index (χ4v) is 10.9. The second-order valence-electron chi connectivity index (χ2n) is 14.6. The molecule has 226 valence electrons.